The number of nitrogens with zero attached hydrogens (tertiary/aromatic N) is 1. The first-order valence-electron chi connectivity index (χ1n) is 24.9. The van der Waals surface area contributed by atoms with E-state index in [1.807, 2.05) is 11.3 Å². The first-order chi connectivity index (χ1) is 35.5. The predicted molar refractivity (Wildman–Crippen MR) is 308 cm³/mol. The zero-order chi connectivity index (χ0) is 47.7. The van der Waals surface area contributed by atoms with Crippen LogP contribution >= 0.6 is 11.3 Å². The number of anilines is 3. The highest BCUT2D eigenvalue weighted by atomic mass is 32.1. The number of hydrogen-bond donors (Lipinski definition) is 0. The number of benzene rings is 11. The summed E-state index contributed by atoms with van der Waals surface area (Å²) in [6, 6.07) is 87.8. The molecule has 338 valence electrons. The monoisotopic (exact) mass is 935 g/mol. The molecule has 0 saturated heterocycles. The van der Waals surface area contributed by atoms with Gasteiger partial charge in [-0.25, -0.2) is 0 Å². The highest BCUT2D eigenvalue weighted by Gasteiger charge is 2.36. The Kier molecular flexibility index (Phi) is 8.91. The van der Waals surface area contributed by atoms with Crippen LogP contribution in [0.15, 0.2) is 237 Å². The molecule has 2 aliphatic rings. The maximum absolute atomic E-state index is 7.32. The maximum Gasteiger partial charge on any atom is 0.159 e. The van der Waals surface area contributed by atoms with E-state index in [1.165, 1.54) is 96.3 Å². The van der Waals surface area contributed by atoms with Gasteiger partial charge in [-0.15, -0.1) is 11.3 Å². The second-order valence-corrected chi connectivity index (χ2v) is 21.0. The van der Waals surface area contributed by atoms with Crippen LogP contribution in [0.2, 0.25) is 0 Å². The zero-order valence-corrected chi connectivity index (χ0v) is 40.6. The molecule has 0 atom stereocenters. The van der Waals surface area contributed by atoms with Crippen LogP contribution in [-0.4, -0.2) is 0 Å². The minimum absolute atomic E-state index is 0.208. The lowest BCUT2D eigenvalue weighted by Crippen LogP contribution is -2.17. The zero-order valence-electron chi connectivity index (χ0n) is 39.8. The van der Waals surface area contributed by atoms with E-state index >= 15 is 0 Å². The van der Waals surface area contributed by atoms with Gasteiger partial charge in [0.25, 0.3) is 0 Å². The highest BCUT2D eigenvalue weighted by Crippen LogP contribution is 2.55. The smallest absolute Gasteiger partial charge is 0.159 e. The molecule has 0 radical (unpaired) electrons. The molecule has 0 amide bonds. The second kappa shape index (κ2) is 15.6. The van der Waals surface area contributed by atoms with E-state index in [4.69, 9.17) is 4.74 Å². The van der Waals surface area contributed by atoms with Crippen LogP contribution in [0, 0.1) is 0 Å². The molecule has 0 N–H and O–H groups in total. The Labute approximate surface area is 421 Å². The van der Waals surface area contributed by atoms with Crippen molar-refractivity contribution in [1.29, 1.82) is 0 Å². The molecule has 0 bridgehead atoms. The van der Waals surface area contributed by atoms with Gasteiger partial charge in [0.1, 0.15) is 5.75 Å². The standard InChI is InChI=1S/C69H45NOS/c1-69(2)62-30-14-11-26-53(62)54-37-35-43(39-63(54)69)70(64-31-17-29-57-50-24-9-8-23-49(50)55-27-12-15-32-65(55)71-68(57)64)42-34-36-52-48-22-6-5-20-46(48)44-18-3-4-19-45(44)47-21-7-10-25-51(47)59-40-61-56-28-13-16-33-66(56)72-67(61)41-60(59)58(52)38-42/h3-41H,1-2H3. The van der Waals surface area contributed by atoms with Crippen molar-refractivity contribution < 1.29 is 4.74 Å². The van der Waals surface area contributed by atoms with Crippen molar-refractivity contribution in [3.63, 3.8) is 0 Å². The summed E-state index contributed by atoms with van der Waals surface area (Å²) in [7, 11) is 0. The quantitative estimate of drug-likeness (QED) is 0.175. The van der Waals surface area contributed by atoms with Gasteiger partial charge in [-0.1, -0.05) is 196 Å². The van der Waals surface area contributed by atoms with Gasteiger partial charge in [-0.2, -0.15) is 0 Å². The van der Waals surface area contributed by atoms with Gasteiger partial charge in [-0.3, -0.25) is 0 Å². The molecular formula is C69H45NOS. The lowest BCUT2D eigenvalue weighted by Gasteiger charge is -2.30. The van der Waals surface area contributed by atoms with Crippen molar-refractivity contribution in [3.05, 3.63) is 248 Å². The Morgan fingerprint density at radius 3 is 1.51 bits per heavy atom. The van der Waals surface area contributed by atoms with E-state index in [0.717, 1.165) is 50.8 Å². The average molecular weight is 936 g/mol. The summed E-state index contributed by atoms with van der Waals surface area (Å²) in [6.45, 7) is 4.74. The van der Waals surface area contributed by atoms with Crippen molar-refractivity contribution in [2.45, 2.75) is 19.3 Å². The van der Waals surface area contributed by atoms with E-state index in [9.17, 15) is 0 Å². The second-order valence-electron chi connectivity index (χ2n) is 19.9. The molecule has 0 unspecified atom stereocenters. The van der Waals surface area contributed by atoms with Crippen molar-refractivity contribution in [2.75, 3.05) is 4.90 Å². The molecule has 1 aliphatic heterocycles. The topological polar surface area (TPSA) is 12.5 Å². The maximum atomic E-state index is 7.32. The summed E-state index contributed by atoms with van der Waals surface area (Å²) < 4.78 is 9.88. The molecular weight excluding hydrogens is 891 g/mol. The van der Waals surface area contributed by atoms with Crippen LogP contribution in [0.1, 0.15) is 25.0 Å². The van der Waals surface area contributed by atoms with Crippen LogP contribution in [0.4, 0.5) is 17.1 Å². The van der Waals surface area contributed by atoms with Gasteiger partial charge in [-0.05, 0) is 142 Å². The van der Waals surface area contributed by atoms with Gasteiger partial charge in [0, 0.05) is 48.1 Å². The largest absolute Gasteiger partial charge is 0.454 e. The van der Waals surface area contributed by atoms with Crippen LogP contribution in [0.3, 0.4) is 0 Å². The van der Waals surface area contributed by atoms with E-state index in [0.29, 0.717) is 0 Å². The molecule has 2 nitrogen and oxygen atoms in total. The fourth-order valence-corrected chi connectivity index (χ4v) is 13.5. The molecule has 12 aromatic carbocycles. The van der Waals surface area contributed by atoms with Crippen LogP contribution in [0.5, 0.6) is 11.5 Å². The summed E-state index contributed by atoms with van der Waals surface area (Å²) in [6.07, 6.45) is 0. The molecule has 2 heterocycles. The molecule has 1 aliphatic carbocycles. The lowest BCUT2D eigenvalue weighted by molar-refractivity contribution is 0.489. The molecule has 3 heteroatoms. The normalized spacial score (nSPS) is 13.1. The number of fused-ring (bicyclic) bond motifs is 21. The average Bonchev–Trinajstić information content (AvgIpc) is 3.85. The van der Waals surface area contributed by atoms with Crippen LogP contribution in [0.25, 0.3) is 107 Å². The molecule has 15 rings (SSSR count). The summed E-state index contributed by atoms with van der Waals surface area (Å²) in [4.78, 5) is 2.46. The number of rotatable bonds is 3. The van der Waals surface area contributed by atoms with Crippen LogP contribution in [-0.2, 0) is 5.41 Å². The Bertz CT molecular complexity index is 4540. The lowest BCUT2D eigenvalue weighted by atomic mass is 9.82. The van der Waals surface area contributed by atoms with Crippen molar-refractivity contribution >= 4 is 102 Å². The van der Waals surface area contributed by atoms with E-state index in [-0.39, 0.29) is 5.41 Å². The molecule has 13 aromatic rings. The summed E-state index contributed by atoms with van der Waals surface area (Å²) in [5.74, 6) is 1.66. The van der Waals surface area contributed by atoms with Gasteiger partial charge < -0.3 is 9.64 Å². The van der Waals surface area contributed by atoms with Crippen molar-refractivity contribution in [2.24, 2.45) is 0 Å². The Balaban J connectivity index is 1.11. The Morgan fingerprint density at radius 2 is 0.806 bits per heavy atom. The summed E-state index contributed by atoms with van der Waals surface area (Å²) in [5, 5.41) is 14.6. The van der Waals surface area contributed by atoms with Gasteiger partial charge in [0.2, 0.25) is 0 Å². The first kappa shape index (κ1) is 41.1. The van der Waals surface area contributed by atoms with Gasteiger partial charge in [0.05, 0.1) is 5.69 Å². The number of thiophene rings is 1. The minimum Gasteiger partial charge on any atom is -0.454 e. The van der Waals surface area contributed by atoms with Crippen LogP contribution < -0.4 is 9.64 Å². The van der Waals surface area contributed by atoms with E-state index in [1.54, 1.807) is 0 Å². The fourth-order valence-electron chi connectivity index (χ4n) is 12.3. The predicted octanol–water partition coefficient (Wildman–Crippen LogP) is 20.2. The van der Waals surface area contributed by atoms with E-state index < -0.39 is 0 Å². The van der Waals surface area contributed by atoms with Gasteiger partial charge >= 0.3 is 0 Å². The third-order valence-electron chi connectivity index (χ3n) is 15.7. The molecule has 1 aromatic heterocycles. The van der Waals surface area contributed by atoms with Crippen molar-refractivity contribution in [3.8, 4) is 44.9 Å². The minimum atomic E-state index is -0.208. The molecule has 0 saturated carbocycles. The Morgan fingerprint density at radius 1 is 0.319 bits per heavy atom. The third kappa shape index (κ3) is 6.01. The first-order valence-corrected chi connectivity index (χ1v) is 25.7. The van der Waals surface area contributed by atoms with E-state index in [2.05, 4.69) is 255 Å². The SMILES string of the molecule is CC1(C)c2ccccc2-c2ccc(N(c3ccc4c5ccccc5c5ccccc5c5ccccc5c5cc6c(cc5c4c3)sc3ccccc36)c3cccc4c3Oc3ccccc3-c3ccccc3-4)cc21. The molecule has 0 fully saturated rings. The number of hydrogen-bond acceptors (Lipinski definition) is 3. The molecule has 72 heavy (non-hydrogen) atoms. The third-order valence-corrected chi connectivity index (χ3v) is 16.8. The number of ether oxygens (including phenoxy) is 1. The van der Waals surface area contributed by atoms with Gasteiger partial charge in [0.15, 0.2) is 5.75 Å². The fraction of sp³-hybridized carbons (Fsp3) is 0.0435. The summed E-state index contributed by atoms with van der Waals surface area (Å²) in [5.41, 5.74) is 12.6. The number of para-hydroxylation sites is 2. The summed E-state index contributed by atoms with van der Waals surface area (Å²) >= 11 is 1.88. The highest BCUT2D eigenvalue weighted by molar-refractivity contribution is 7.25. The van der Waals surface area contributed by atoms with Crippen molar-refractivity contribution in [1.82, 2.24) is 0 Å². The molecule has 0 spiro atoms. The Hall–Kier alpha value is -8.76.